The number of aromatic nitrogens is 2. The Hall–Kier alpha value is -2.92. The molecule has 0 saturated heterocycles. The van der Waals surface area contributed by atoms with E-state index in [1.54, 1.807) is 0 Å². The van der Waals surface area contributed by atoms with Gasteiger partial charge < -0.3 is 15.4 Å². The molecule has 3 aromatic rings. The number of rotatable bonds is 5. The molecule has 138 valence electrons. The van der Waals surface area contributed by atoms with Gasteiger partial charge in [0.2, 0.25) is 0 Å². The molecule has 2 aromatic carbocycles. The van der Waals surface area contributed by atoms with Gasteiger partial charge in [-0.25, -0.2) is 4.98 Å². The molecule has 0 aliphatic heterocycles. The standard InChI is InChI=1S/C22H23N3O2/c1-25-13-20(17-7-9-18-16(12-17)8-10-19(18)23)24-22(25)15-5-2-14(3-6-15)4-11-21(26)27/h2-3,5-7,9,12-13,19H,4,8,10-11,23H2,1H3,(H,26,27). The summed E-state index contributed by atoms with van der Waals surface area (Å²) < 4.78 is 2.03. The highest BCUT2D eigenvalue weighted by molar-refractivity contribution is 5.68. The molecule has 0 radical (unpaired) electrons. The van der Waals surface area contributed by atoms with Gasteiger partial charge in [-0.1, -0.05) is 36.4 Å². The first-order valence-corrected chi connectivity index (χ1v) is 9.24. The van der Waals surface area contributed by atoms with Crippen LogP contribution in [0.15, 0.2) is 48.7 Å². The largest absolute Gasteiger partial charge is 0.481 e. The maximum atomic E-state index is 10.7. The van der Waals surface area contributed by atoms with E-state index in [2.05, 4.69) is 18.2 Å². The van der Waals surface area contributed by atoms with Crippen LogP contribution >= 0.6 is 0 Å². The Kier molecular flexibility index (Phi) is 4.54. The third-order valence-corrected chi connectivity index (χ3v) is 5.28. The van der Waals surface area contributed by atoms with Gasteiger partial charge in [0.05, 0.1) is 5.69 Å². The van der Waals surface area contributed by atoms with Crippen molar-refractivity contribution in [1.29, 1.82) is 0 Å². The predicted octanol–water partition coefficient (Wildman–Crippen LogP) is 3.72. The molecule has 1 heterocycles. The number of carboxylic acid groups (broad SMARTS) is 1. The molecule has 0 bridgehead atoms. The van der Waals surface area contributed by atoms with Gasteiger partial charge in [0.15, 0.2) is 0 Å². The predicted molar refractivity (Wildman–Crippen MR) is 105 cm³/mol. The smallest absolute Gasteiger partial charge is 0.303 e. The molecule has 27 heavy (non-hydrogen) atoms. The van der Waals surface area contributed by atoms with Crippen LogP contribution < -0.4 is 5.73 Å². The van der Waals surface area contributed by atoms with Crippen LogP contribution in [0.1, 0.15) is 35.6 Å². The van der Waals surface area contributed by atoms with E-state index >= 15 is 0 Å². The van der Waals surface area contributed by atoms with Crippen LogP contribution in [0.5, 0.6) is 0 Å². The lowest BCUT2D eigenvalue weighted by molar-refractivity contribution is -0.136. The minimum atomic E-state index is -0.775. The molecule has 5 heteroatoms. The Morgan fingerprint density at radius 2 is 1.96 bits per heavy atom. The molecule has 0 amide bonds. The van der Waals surface area contributed by atoms with E-state index in [0.717, 1.165) is 41.1 Å². The summed E-state index contributed by atoms with van der Waals surface area (Å²) in [6, 6.07) is 14.6. The Bertz CT molecular complexity index is 989. The highest BCUT2D eigenvalue weighted by atomic mass is 16.4. The zero-order chi connectivity index (χ0) is 19.0. The third kappa shape index (κ3) is 3.51. The molecule has 5 nitrogen and oxygen atoms in total. The molecular formula is C22H23N3O2. The second-order valence-electron chi connectivity index (χ2n) is 7.21. The van der Waals surface area contributed by atoms with Crippen molar-refractivity contribution in [1.82, 2.24) is 9.55 Å². The lowest BCUT2D eigenvalue weighted by Gasteiger charge is -2.05. The average molecular weight is 361 g/mol. The third-order valence-electron chi connectivity index (χ3n) is 5.28. The van der Waals surface area contributed by atoms with Crippen molar-refractivity contribution in [2.75, 3.05) is 0 Å². The quantitative estimate of drug-likeness (QED) is 0.726. The number of carboxylic acids is 1. The molecule has 0 fully saturated rings. The molecule has 1 aliphatic rings. The highest BCUT2D eigenvalue weighted by Gasteiger charge is 2.20. The molecule has 0 spiro atoms. The van der Waals surface area contributed by atoms with Crippen LogP contribution in [-0.4, -0.2) is 20.6 Å². The van der Waals surface area contributed by atoms with E-state index in [9.17, 15) is 4.79 Å². The zero-order valence-electron chi connectivity index (χ0n) is 15.4. The minimum Gasteiger partial charge on any atom is -0.481 e. The van der Waals surface area contributed by atoms with Gasteiger partial charge in [-0.3, -0.25) is 4.79 Å². The van der Waals surface area contributed by atoms with E-state index in [1.807, 2.05) is 42.1 Å². The molecule has 1 unspecified atom stereocenters. The number of fused-ring (bicyclic) bond motifs is 1. The van der Waals surface area contributed by atoms with Crippen molar-refractivity contribution in [3.05, 3.63) is 65.4 Å². The van der Waals surface area contributed by atoms with Crippen LogP contribution in [0.4, 0.5) is 0 Å². The first-order valence-electron chi connectivity index (χ1n) is 9.24. The summed E-state index contributed by atoms with van der Waals surface area (Å²) in [5.41, 5.74) is 12.8. The average Bonchev–Trinajstić information content (AvgIpc) is 3.23. The summed E-state index contributed by atoms with van der Waals surface area (Å²) in [5.74, 6) is 0.120. The fourth-order valence-corrected chi connectivity index (χ4v) is 3.76. The van der Waals surface area contributed by atoms with Crippen molar-refractivity contribution >= 4 is 5.97 Å². The number of aryl methyl sites for hydroxylation is 3. The maximum Gasteiger partial charge on any atom is 0.303 e. The summed E-state index contributed by atoms with van der Waals surface area (Å²) in [6.07, 6.45) is 4.78. The monoisotopic (exact) mass is 361 g/mol. The Morgan fingerprint density at radius 3 is 2.70 bits per heavy atom. The van der Waals surface area contributed by atoms with Crippen LogP contribution in [0.3, 0.4) is 0 Å². The minimum absolute atomic E-state index is 0.147. The second kappa shape index (κ2) is 7.00. The second-order valence-corrected chi connectivity index (χ2v) is 7.21. The van der Waals surface area contributed by atoms with Crippen LogP contribution in [0, 0.1) is 0 Å². The first kappa shape index (κ1) is 17.5. The fourth-order valence-electron chi connectivity index (χ4n) is 3.76. The van der Waals surface area contributed by atoms with E-state index in [1.165, 1.54) is 11.1 Å². The Morgan fingerprint density at radius 1 is 1.22 bits per heavy atom. The molecule has 1 aromatic heterocycles. The van der Waals surface area contributed by atoms with Crippen LogP contribution in [-0.2, 0) is 24.7 Å². The number of aliphatic carboxylic acids is 1. The Labute approximate surface area is 158 Å². The van der Waals surface area contributed by atoms with E-state index in [4.69, 9.17) is 15.8 Å². The van der Waals surface area contributed by atoms with Gasteiger partial charge in [-0.05, 0) is 42.0 Å². The number of benzene rings is 2. The van der Waals surface area contributed by atoms with Crippen molar-refractivity contribution in [3.8, 4) is 22.6 Å². The van der Waals surface area contributed by atoms with Gasteiger partial charge in [0.1, 0.15) is 5.82 Å². The Balaban J connectivity index is 1.59. The van der Waals surface area contributed by atoms with Crippen molar-refractivity contribution in [2.24, 2.45) is 12.8 Å². The van der Waals surface area contributed by atoms with Crippen LogP contribution in [0.25, 0.3) is 22.6 Å². The summed E-state index contributed by atoms with van der Waals surface area (Å²) >= 11 is 0. The lowest BCUT2D eigenvalue weighted by Crippen LogP contribution is -2.04. The number of hydrogen-bond donors (Lipinski definition) is 2. The maximum absolute atomic E-state index is 10.7. The summed E-state index contributed by atoms with van der Waals surface area (Å²) in [5, 5.41) is 8.81. The van der Waals surface area contributed by atoms with Gasteiger partial charge in [0, 0.05) is 36.8 Å². The SMILES string of the molecule is Cn1cc(-c2ccc3c(c2)CCC3N)nc1-c1ccc(CCC(=O)O)cc1. The summed E-state index contributed by atoms with van der Waals surface area (Å²) in [4.78, 5) is 15.5. The fraction of sp³-hybridized carbons (Fsp3) is 0.273. The molecule has 0 saturated carbocycles. The van der Waals surface area contributed by atoms with E-state index in [0.29, 0.717) is 6.42 Å². The normalized spacial score (nSPS) is 15.7. The van der Waals surface area contributed by atoms with E-state index in [-0.39, 0.29) is 12.5 Å². The zero-order valence-corrected chi connectivity index (χ0v) is 15.4. The molecule has 1 atom stereocenters. The van der Waals surface area contributed by atoms with Crippen LogP contribution in [0.2, 0.25) is 0 Å². The summed E-state index contributed by atoms with van der Waals surface area (Å²) in [6.45, 7) is 0. The first-order chi connectivity index (χ1) is 13.0. The molecular weight excluding hydrogens is 338 g/mol. The van der Waals surface area contributed by atoms with Gasteiger partial charge in [0.25, 0.3) is 0 Å². The van der Waals surface area contributed by atoms with Gasteiger partial charge in [-0.2, -0.15) is 0 Å². The molecule has 1 aliphatic carbocycles. The lowest BCUT2D eigenvalue weighted by atomic mass is 10.0. The van der Waals surface area contributed by atoms with Crippen molar-refractivity contribution in [3.63, 3.8) is 0 Å². The highest BCUT2D eigenvalue weighted by Crippen LogP contribution is 2.33. The van der Waals surface area contributed by atoms with Gasteiger partial charge in [-0.15, -0.1) is 0 Å². The van der Waals surface area contributed by atoms with Gasteiger partial charge >= 0.3 is 5.97 Å². The number of imidazole rings is 1. The summed E-state index contributed by atoms with van der Waals surface area (Å²) in [7, 11) is 1.99. The van der Waals surface area contributed by atoms with Crippen molar-refractivity contribution in [2.45, 2.75) is 31.7 Å². The number of carbonyl (C=O) groups is 1. The molecule has 4 rings (SSSR count). The van der Waals surface area contributed by atoms with E-state index < -0.39 is 5.97 Å². The number of nitrogens with two attached hydrogens (primary N) is 1. The number of nitrogens with zero attached hydrogens (tertiary/aromatic N) is 2. The topological polar surface area (TPSA) is 81.1 Å². The van der Waals surface area contributed by atoms with Crippen molar-refractivity contribution < 1.29 is 9.90 Å². The molecule has 3 N–H and O–H groups in total. The number of hydrogen-bond acceptors (Lipinski definition) is 3.